The van der Waals surface area contributed by atoms with Gasteiger partial charge in [0.05, 0.1) is 0 Å². The van der Waals surface area contributed by atoms with Crippen LogP contribution in [0.4, 0.5) is 4.79 Å². The van der Waals surface area contributed by atoms with Crippen LogP contribution in [0.5, 0.6) is 0 Å². The fraction of sp³-hybridized carbons (Fsp3) is 0.700. The molecule has 90 valence electrons. The van der Waals surface area contributed by atoms with Crippen LogP contribution in [0, 0.1) is 0 Å². The molecule has 0 atom stereocenters. The normalized spacial score (nSPS) is 18.6. The van der Waals surface area contributed by atoms with E-state index < -0.39 is 11.6 Å². The number of urea groups is 1. The van der Waals surface area contributed by atoms with Crippen LogP contribution in [0.25, 0.3) is 0 Å². The summed E-state index contributed by atoms with van der Waals surface area (Å²) in [5.41, 5.74) is -0.841. The first-order valence-corrected chi connectivity index (χ1v) is 5.29. The lowest BCUT2D eigenvalue weighted by Gasteiger charge is -2.15. The van der Waals surface area contributed by atoms with Crippen LogP contribution in [0.15, 0.2) is 0 Å². The SMILES string of the molecule is CCC(=O)NCCN1C(=O)NC(C)(C)C1=O. The first kappa shape index (κ1) is 12.5. The van der Waals surface area contributed by atoms with Crippen molar-refractivity contribution in [1.82, 2.24) is 15.5 Å². The molecule has 0 aromatic heterocycles. The zero-order chi connectivity index (χ0) is 12.3. The van der Waals surface area contributed by atoms with Gasteiger partial charge in [0.2, 0.25) is 5.91 Å². The van der Waals surface area contributed by atoms with E-state index in [2.05, 4.69) is 10.6 Å². The third kappa shape index (κ3) is 2.50. The van der Waals surface area contributed by atoms with Gasteiger partial charge >= 0.3 is 6.03 Å². The molecule has 1 rings (SSSR count). The summed E-state index contributed by atoms with van der Waals surface area (Å²) in [6, 6.07) is -0.402. The highest BCUT2D eigenvalue weighted by Crippen LogP contribution is 2.15. The van der Waals surface area contributed by atoms with Crippen molar-refractivity contribution < 1.29 is 14.4 Å². The molecule has 0 saturated carbocycles. The van der Waals surface area contributed by atoms with Crippen molar-refractivity contribution in [2.24, 2.45) is 0 Å². The molecule has 0 unspecified atom stereocenters. The Bertz CT molecular complexity index is 325. The molecule has 0 bridgehead atoms. The summed E-state index contributed by atoms with van der Waals surface area (Å²) in [5, 5.41) is 5.18. The number of rotatable bonds is 4. The Morgan fingerprint density at radius 1 is 1.44 bits per heavy atom. The Morgan fingerprint density at radius 2 is 2.06 bits per heavy atom. The first-order chi connectivity index (χ1) is 7.38. The number of hydrogen-bond acceptors (Lipinski definition) is 3. The monoisotopic (exact) mass is 227 g/mol. The summed E-state index contributed by atoms with van der Waals surface area (Å²) in [5.74, 6) is -0.352. The largest absolute Gasteiger partial charge is 0.354 e. The Labute approximate surface area is 94.4 Å². The molecule has 0 aliphatic carbocycles. The molecule has 0 spiro atoms. The molecule has 1 fully saturated rings. The molecule has 1 aliphatic heterocycles. The zero-order valence-electron chi connectivity index (χ0n) is 9.79. The standard InChI is InChI=1S/C10H17N3O3/c1-4-7(14)11-5-6-13-8(15)10(2,3)12-9(13)16/h4-6H2,1-3H3,(H,11,14)(H,12,16). The number of carbonyl (C=O) groups is 3. The van der Waals surface area contributed by atoms with Gasteiger partial charge in [-0.05, 0) is 13.8 Å². The number of nitrogens with zero attached hydrogens (tertiary/aromatic N) is 1. The molecular weight excluding hydrogens is 210 g/mol. The van der Waals surface area contributed by atoms with Crippen LogP contribution in [0.1, 0.15) is 27.2 Å². The van der Waals surface area contributed by atoms with Crippen molar-refractivity contribution in [1.29, 1.82) is 0 Å². The molecular formula is C10H17N3O3. The molecule has 6 heteroatoms. The minimum atomic E-state index is -0.841. The van der Waals surface area contributed by atoms with E-state index in [0.717, 1.165) is 4.90 Å². The Morgan fingerprint density at radius 3 is 2.50 bits per heavy atom. The maximum absolute atomic E-state index is 11.7. The Balaban J connectivity index is 2.47. The average molecular weight is 227 g/mol. The number of nitrogens with one attached hydrogen (secondary N) is 2. The molecule has 0 aromatic rings. The fourth-order valence-corrected chi connectivity index (χ4v) is 1.45. The number of imide groups is 1. The molecule has 0 radical (unpaired) electrons. The summed E-state index contributed by atoms with van der Waals surface area (Å²) in [7, 11) is 0. The van der Waals surface area contributed by atoms with E-state index in [9.17, 15) is 14.4 Å². The summed E-state index contributed by atoms with van der Waals surface area (Å²) >= 11 is 0. The highest BCUT2D eigenvalue weighted by atomic mass is 16.2. The summed E-state index contributed by atoms with van der Waals surface area (Å²) in [6.45, 7) is 5.55. The van der Waals surface area contributed by atoms with Gasteiger partial charge < -0.3 is 10.6 Å². The van der Waals surface area contributed by atoms with Crippen molar-refractivity contribution in [3.05, 3.63) is 0 Å². The molecule has 1 heterocycles. The van der Waals surface area contributed by atoms with Crippen molar-refractivity contribution >= 4 is 17.8 Å². The Hall–Kier alpha value is -1.59. The third-order valence-corrected chi connectivity index (χ3v) is 2.42. The minimum Gasteiger partial charge on any atom is -0.354 e. The predicted octanol–water partition coefficient (Wildman–Crippen LogP) is -0.157. The van der Waals surface area contributed by atoms with E-state index in [1.54, 1.807) is 20.8 Å². The first-order valence-electron chi connectivity index (χ1n) is 5.29. The van der Waals surface area contributed by atoms with Gasteiger partial charge in [-0.3, -0.25) is 14.5 Å². The second-order valence-corrected chi connectivity index (χ2v) is 4.22. The van der Waals surface area contributed by atoms with Gasteiger partial charge in [0.1, 0.15) is 5.54 Å². The zero-order valence-corrected chi connectivity index (χ0v) is 9.79. The third-order valence-electron chi connectivity index (χ3n) is 2.42. The van der Waals surface area contributed by atoms with E-state index in [0.29, 0.717) is 13.0 Å². The quantitative estimate of drug-likeness (QED) is 0.655. The minimum absolute atomic E-state index is 0.0914. The van der Waals surface area contributed by atoms with Gasteiger partial charge in [-0.25, -0.2) is 4.79 Å². The fourth-order valence-electron chi connectivity index (χ4n) is 1.45. The maximum atomic E-state index is 11.7. The van der Waals surface area contributed by atoms with Gasteiger partial charge in [-0.2, -0.15) is 0 Å². The van der Waals surface area contributed by atoms with Crippen LogP contribution >= 0.6 is 0 Å². The Kier molecular flexibility index (Phi) is 3.51. The molecule has 1 aliphatic rings. The lowest BCUT2D eigenvalue weighted by atomic mass is 10.1. The van der Waals surface area contributed by atoms with Gasteiger partial charge in [-0.15, -0.1) is 0 Å². The van der Waals surface area contributed by atoms with E-state index in [1.165, 1.54) is 0 Å². The molecule has 0 aromatic carbocycles. The predicted molar refractivity (Wildman–Crippen MR) is 57.6 cm³/mol. The summed E-state index contributed by atoms with van der Waals surface area (Å²) < 4.78 is 0. The molecule has 1 saturated heterocycles. The van der Waals surface area contributed by atoms with Crippen molar-refractivity contribution in [3.63, 3.8) is 0 Å². The molecule has 6 nitrogen and oxygen atoms in total. The number of carbonyl (C=O) groups excluding carboxylic acids is 3. The smallest absolute Gasteiger partial charge is 0.325 e. The van der Waals surface area contributed by atoms with E-state index in [4.69, 9.17) is 0 Å². The second-order valence-electron chi connectivity index (χ2n) is 4.22. The van der Waals surface area contributed by atoms with Crippen LogP contribution in [0.2, 0.25) is 0 Å². The van der Waals surface area contributed by atoms with Gasteiger partial charge in [-0.1, -0.05) is 6.92 Å². The summed E-state index contributed by atoms with van der Waals surface area (Å²) in [6.07, 6.45) is 0.394. The van der Waals surface area contributed by atoms with Crippen LogP contribution in [-0.2, 0) is 9.59 Å². The van der Waals surface area contributed by atoms with Gasteiger partial charge in [0, 0.05) is 19.5 Å². The van der Waals surface area contributed by atoms with Crippen molar-refractivity contribution in [2.45, 2.75) is 32.7 Å². The van der Waals surface area contributed by atoms with Crippen molar-refractivity contribution in [2.75, 3.05) is 13.1 Å². The summed E-state index contributed by atoms with van der Waals surface area (Å²) in [4.78, 5) is 35.2. The van der Waals surface area contributed by atoms with E-state index in [1.807, 2.05) is 0 Å². The van der Waals surface area contributed by atoms with Crippen LogP contribution in [-0.4, -0.2) is 41.4 Å². The highest BCUT2D eigenvalue weighted by Gasteiger charge is 2.43. The van der Waals surface area contributed by atoms with Crippen LogP contribution < -0.4 is 10.6 Å². The van der Waals surface area contributed by atoms with Gasteiger partial charge in [0.25, 0.3) is 5.91 Å². The maximum Gasteiger partial charge on any atom is 0.325 e. The molecule has 16 heavy (non-hydrogen) atoms. The van der Waals surface area contributed by atoms with Crippen molar-refractivity contribution in [3.8, 4) is 0 Å². The lowest BCUT2D eigenvalue weighted by molar-refractivity contribution is -0.130. The van der Waals surface area contributed by atoms with E-state index >= 15 is 0 Å². The second kappa shape index (κ2) is 4.51. The lowest BCUT2D eigenvalue weighted by Crippen LogP contribution is -2.41. The average Bonchev–Trinajstić information content (AvgIpc) is 2.39. The van der Waals surface area contributed by atoms with E-state index in [-0.39, 0.29) is 18.4 Å². The number of hydrogen-bond donors (Lipinski definition) is 2. The molecule has 2 N–H and O–H groups in total. The highest BCUT2D eigenvalue weighted by molar-refractivity contribution is 6.06. The number of amides is 4. The topological polar surface area (TPSA) is 78.5 Å². The van der Waals surface area contributed by atoms with Crippen LogP contribution in [0.3, 0.4) is 0 Å². The molecule has 4 amide bonds. The van der Waals surface area contributed by atoms with Gasteiger partial charge in [0.15, 0.2) is 0 Å².